The third-order valence-electron chi connectivity index (χ3n) is 4.94. The van der Waals surface area contributed by atoms with Gasteiger partial charge in [0.1, 0.15) is 11.3 Å². The van der Waals surface area contributed by atoms with Crippen molar-refractivity contribution in [2.75, 3.05) is 50.1 Å². The molecule has 140 valence electrons. The van der Waals surface area contributed by atoms with E-state index in [-0.39, 0.29) is 5.91 Å². The largest absolute Gasteiger partial charge is 0.376 e. The summed E-state index contributed by atoms with van der Waals surface area (Å²) in [4.78, 5) is 23.7. The van der Waals surface area contributed by atoms with E-state index in [9.17, 15) is 4.79 Å². The number of imidazole rings is 1. The summed E-state index contributed by atoms with van der Waals surface area (Å²) >= 11 is 0. The van der Waals surface area contributed by atoms with Gasteiger partial charge in [-0.2, -0.15) is 5.10 Å². The van der Waals surface area contributed by atoms with Gasteiger partial charge in [-0.15, -0.1) is 5.10 Å². The highest BCUT2D eigenvalue weighted by Crippen LogP contribution is 2.20. The first-order chi connectivity index (χ1) is 13.0. The highest BCUT2D eigenvalue weighted by Gasteiger charge is 2.26. The highest BCUT2D eigenvalue weighted by molar-refractivity contribution is 5.94. The van der Waals surface area contributed by atoms with Crippen molar-refractivity contribution in [3.8, 4) is 0 Å². The Morgan fingerprint density at radius 2 is 1.93 bits per heavy atom. The minimum absolute atomic E-state index is 0.0268. The van der Waals surface area contributed by atoms with Crippen LogP contribution in [0.2, 0.25) is 0 Å². The molecular formula is C19H23N7O. The maximum Gasteiger partial charge on any atom is 0.272 e. The average Bonchev–Trinajstić information content (AvgIpc) is 3.03. The molecule has 0 spiro atoms. The maximum atomic E-state index is 13.1. The van der Waals surface area contributed by atoms with Gasteiger partial charge in [0.2, 0.25) is 0 Å². The molecule has 1 aliphatic rings. The zero-order chi connectivity index (χ0) is 19.0. The molecule has 4 heterocycles. The third-order valence-corrected chi connectivity index (χ3v) is 4.94. The topological polar surface area (TPSA) is 69.9 Å². The van der Waals surface area contributed by atoms with E-state index in [4.69, 9.17) is 0 Å². The van der Waals surface area contributed by atoms with Crippen LogP contribution in [0, 0.1) is 6.92 Å². The first-order valence-corrected chi connectivity index (χ1v) is 9.02. The van der Waals surface area contributed by atoms with Crippen LogP contribution in [0.15, 0.2) is 36.7 Å². The summed E-state index contributed by atoms with van der Waals surface area (Å²) in [6, 6.07) is 7.79. The fraction of sp³-hybridized carbons (Fsp3) is 0.368. The Kier molecular flexibility index (Phi) is 4.39. The lowest BCUT2D eigenvalue weighted by Crippen LogP contribution is -2.49. The number of carbonyl (C=O) groups is 1. The molecule has 0 unspecified atom stereocenters. The van der Waals surface area contributed by atoms with Gasteiger partial charge in [-0.05, 0) is 19.1 Å². The number of piperazine rings is 1. The number of hydrogen-bond acceptors (Lipinski definition) is 6. The van der Waals surface area contributed by atoms with E-state index >= 15 is 0 Å². The number of pyridine rings is 1. The second-order valence-corrected chi connectivity index (χ2v) is 6.92. The SMILES string of the molecule is Cc1nc2ccccn2c1C(=O)N1CCN(c2cc(N(C)C)cnn2)CC1. The molecule has 1 amide bonds. The van der Waals surface area contributed by atoms with Crippen LogP contribution >= 0.6 is 0 Å². The molecule has 27 heavy (non-hydrogen) atoms. The molecule has 1 saturated heterocycles. The quantitative estimate of drug-likeness (QED) is 0.700. The molecule has 8 nitrogen and oxygen atoms in total. The number of hydrogen-bond donors (Lipinski definition) is 0. The van der Waals surface area contributed by atoms with E-state index in [0.29, 0.717) is 18.8 Å². The summed E-state index contributed by atoms with van der Waals surface area (Å²) in [7, 11) is 3.96. The highest BCUT2D eigenvalue weighted by atomic mass is 16.2. The van der Waals surface area contributed by atoms with Gasteiger partial charge in [0.25, 0.3) is 5.91 Å². The predicted octanol–water partition coefficient (Wildman–Crippen LogP) is 1.46. The zero-order valence-corrected chi connectivity index (χ0v) is 15.8. The van der Waals surface area contributed by atoms with Crippen LogP contribution in [-0.4, -0.2) is 70.7 Å². The predicted molar refractivity (Wildman–Crippen MR) is 104 cm³/mol. The number of carbonyl (C=O) groups excluding carboxylic acids is 1. The monoisotopic (exact) mass is 365 g/mol. The Morgan fingerprint density at radius 1 is 1.15 bits per heavy atom. The number of rotatable bonds is 3. The van der Waals surface area contributed by atoms with Crippen molar-refractivity contribution in [3.63, 3.8) is 0 Å². The molecule has 4 rings (SSSR count). The molecule has 0 aliphatic carbocycles. The molecule has 0 atom stereocenters. The van der Waals surface area contributed by atoms with Gasteiger partial charge in [-0.1, -0.05) is 6.07 Å². The number of aromatic nitrogens is 4. The number of nitrogens with zero attached hydrogens (tertiary/aromatic N) is 7. The van der Waals surface area contributed by atoms with Crippen LogP contribution in [0.5, 0.6) is 0 Å². The number of fused-ring (bicyclic) bond motifs is 1. The van der Waals surface area contributed by atoms with E-state index < -0.39 is 0 Å². The Hall–Kier alpha value is -3.16. The Labute approximate surface area is 158 Å². The van der Waals surface area contributed by atoms with Gasteiger partial charge in [0.05, 0.1) is 17.6 Å². The molecule has 0 saturated carbocycles. The fourth-order valence-electron chi connectivity index (χ4n) is 3.40. The van der Waals surface area contributed by atoms with Crippen LogP contribution in [0.4, 0.5) is 11.5 Å². The van der Waals surface area contributed by atoms with Crippen molar-refractivity contribution in [1.29, 1.82) is 0 Å². The van der Waals surface area contributed by atoms with Gasteiger partial charge >= 0.3 is 0 Å². The average molecular weight is 365 g/mol. The van der Waals surface area contributed by atoms with Crippen LogP contribution in [0.25, 0.3) is 5.65 Å². The minimum atomic E-state index is 0.0268. The summed E-state index contributed by atoms with van der Waals surface area (Å²) < 4.78 is 1.87. The van der Waals surface area contributed by atoms with Gasteiger partial charge < -0.3 is 14.7 Å². The second kappa shape index (κ2) is 6.86. The molecule has 1 aliphatic heterocycles. The Bertz CT molecular complexity index is 973. The Balaban J connectivity index is 1.50. The molecule has 8 heteroatoms. The van der Waals surface area contributed by atoms with Crippen molar-refractivity contribution in [1.82, 2.24) is 24.5 Å². The van der Waals surface area contributed by atoms with Crippen LogP contribution < -0.4 is 9.80 Å². The van der Waals surface area contributed by atoms with Gasteiger partial charge in [0, 0.05) is 52.5 Å². The van der Waals surface area contributed by atoms with Crippen molar-refractivity contribution >= 4 is 23.1 Å². The molecule has 0 aromatic carbocycles. The summed E-state index contributed by atoms with van der Waals surface area (Å²) in [5.74, 6) is 0.873. The lowest BCUT2D eigenvalue weighted by atomic mass is 10.2. The van der Waals surface area contributed by atoms with Gasteiger partial charge in [-0.25, -0.2) is 4.98 Å². The first-order valence-electron chi connectivity index (χ1n) is 9.02. The summed E-state index contributed by atoms with van der Waals surface area (Å²) in [6.45, 7) is 4.64. The van der Waals surface area contributed by atoms with Crippen molar-refractivity contribution in [2.24, 2.45) is 0 Å². The normalized spacial score (nSPS) is 14.6. The molecule has 1 fully saturated rings. The first kappa shape index (κ1) is 17.3. The summed E-state index contributed by atoms with van der Waals surface area (Å²) in [5.41, 5.74) is 3.22. The smallest absolute Gasteiger partial charge is 0.272 e. The van der Waals surface area contributed by atoms with Crippen LogP contribution in [0.3, 0.4) is 0 Å². The van der Waals surface area contributed by atoms with E-state index in [1.54, 1.807) is 6.20 Å². The number of aryl methyl sites for hydroxylation is 1. The lowest BCUT2D eigenvalue weighted by Gasteiger charge is -2.35. The van der Waals surface area contributed by atoms with E-state index in [2.05, 4.69) is 20.1 Å². The molecule has 3 aromatic rings. The maximum absolute atomic E-state index is 13.1. The van der Waals surface area contributed by atoms with Crippen molar-refractivity contribution in [2.45, 2.75) is 6.92 Å². The molecule has 0 bridgehead atoms. The molecular weight excluding hydrogens is 342 g/mol. The summed E-state index contributed by atoms with van der Waals surface area (Å²) in [5, 5.41) is 8.35. The lowest BCUT2D eigenvalue weighted by molar-refractivity contribution is 0.0738. The number of amides is 1. The third kappa shape index (κ3) is 3.18. The summed E-state index contributed by atoms with van der Waals surface area (Å²) in [6.07, 6.45) is 3.64. The van der Waals surface area contributed by atoms with E-state index in [1.165, 1.54) is 0 Å². The van der Waals surface area contributed by atoms with Crippen molar-refractivity contribution < 1.29 is 4.79 Å². The molecule has 0 radical (unpaired) electrons. The Morgan fingerprint density at radius 3 is 2.67 bits per heavy atom. The van der Waals surface area contributed by atoms with Crippen molar-refractivity contribution in [3.05, 3.63) is 48.0 Å². The van der Waals surface area contributed by atoms with E-state index in [0.717, 1.165) is 35.9 Å². The van der Waals surface area contributed by atoms with Gasteiger partial charge in [-0.3, -0.25) is 9.20 Å². The van der Waals surface area contributed by atoms with E-state index in [1.807, 2.05) is 65.7 Å². The standard InChI is InChI=1S/C19H23N7O/c1-14-18(26-7-5-4-6-16(26)21-14)19(27)25-10-8-24(9-11-25)17-12-15(23(2)3)13-20-22-17/h4-7,12-13H,8-11H2,1-3H3. The fourth-order valence-corrected chi connectivity index (χ4v) is 3.40. The van der Waals surface area contributed by atoms with Crippen LogP contribution in [-0.2, 0) is 0 Å². The molecule has 3 aromatic heterocycles. The second-order valence-electron chi connectivity index (χ2n) is 6.92. The number of anilines is 2. The zero-order valence-electron chi connectivity index (χ0n) is 15.8. The molecule has 0 N–H and O–H groups in total. The minimum Gasteiger partial charge on any atom is -0.376 e. The van der Waals surface area contributed by atoms with Crippen LogP contribution in [0.1, 0.15) is 16.2 Å². The van der Waals surface area contributed by atoms with Gasteiger partial charge in [0.15, 0.2) is 5.82 Å².